The molecule has 0 spiro atoms. The second kappa shape index (κ2) is 9.04. The van der Waals surface area contributed by atoms with E-state index in [4.69, 9.17) is 20.3 Å². The molecule has 10 nitrogen and oxygen atoms in total. The molecule has 3 rings (SSSR count). The molecule has 0 saturated heterocycles. The molecule has 0 unspecified atom stereocenters. The fraction of sp³-hybridized carbons (Fsp3) is 0.316. The number of nitrogens with one attached hydrogen (secondary N) is 1. The van der Waals surface area contributed by atoms with Gasteiger partial charge in [0.25, 0.3) is 11.8 Å². The van der Waals surface area contributed by atoms with Gasteiger partial charge in [-0.05, 0) is 49.4 Å². The van der Waals surface area contributed by atoms with Crippen molar-refractivity contribution < 1.29 is 32.3 Å². The Morgan fingerprint density at radius 3 is 2.55 bits per heavy atom. The van der Waals surface area contributed by atoms with Crippen LogP contribution in [-0.2, 0) is 32.4 Å². The lowest BCUT2D eigenvalue weighted by molar-refractivity contribution is -0.119. The summed E-state index contributed by atoms with van der Waals surface area (Å²) in [6.45, 7) is -0.664. The van der Waals surface area contributed by atoms with Gasteiger partial charge in [-0.1, -0.05) is 0 Å². The molecule has 0 atom stereocenters. The predicted octanol–water partition coefficient (Wildman–Crippen LogP) is 1.18. The van der Waals surface area contributed by atoms with E-state index >= 15 is 0 Å². The lowest BCUT2D eigenvalue weighted by Gasteiger charge is -2.11. The van der Waals surface area contributed by atoms with Crippen LogP contribution in [-0.4, -0.2) is 39.9 Å². The Morgan fingerprint density at radius 1 is 1.19 bits per heavy atom. The monoisotopic (exact) mass is 467 g/mol. The number of carbonyl (C=O) groups excluding carboxylic acids is 3. The number of rotatable bonds is 7. The van der Waals surface area contributed by atoms with Crippen molar-refractivity contribution in [2.75, 3.05) is 19.0 Å². The molecule has 5 N–H and O–H groups in total. The SMILES string of the molecule is COc1ccc(S(N)(=O)=O)cc1C(=O)OCC(=O)Nc1sc2c(c1C(N)=O)CCCC2. The van der Waals surface area contributed by atoms with Gasteiger partial charge in [0, 0.05) is 4.88 Å². The van der Waals surface area contributed by atoms with Gasteiger partial charge in [0.05, 0.1) is 17.6 Å². The van der Waals surface area contributed by atoms with Crippen LogP contribution in [0.1, 0.15) is 44.0 Å². The zero-order chi connectivity index (χ0) is 22.8. The molecule has 1 aliphatic rings. The van der Waals surface area contributed by atoms with E-state index in [0.717, 1.165) is 42.2 Å². The zero-order valence-electron chi connectivity index (χ0n) is 16.6. The van der Waals surface area contributed by atoms with E-state index in [1.54, 1.807) is 0 Å². The summed E-state index contributed by atoms with van der Waals surface area (Å²) in [6.07, 6.45) is 3.46. The number of ether oxygens (including phenoxy) is 2. The summed E-state index contributed by atoms with van der Waals surface area (Å²) >= 11 is 1.29. The summed E-state index contributed by atoms with van der Waals surface area (Å²) in [5.41, 5.74) is 6.45. The number of esters is 1. The first-order chi connectivity index (χ1) is 14.6. The van der Waals surface area contributed by atoms with E-state index in [1.807, 2.05) is 0 Å². The van der Waals surface area contributed by atoms with E-state index in [0.29, 0.717) is 10.6 Å². The number of benzene rings is 1. The summed E-state index contributed by atoms with van der Waals surface area (Å²) in [5.74, 6) is -2.22. The second-order valence-corrected chi connectivity index (χ2v) is 9.48. The minimum Gasteiger partial charge on any atom is -0.496 e. The van der Waals surface area contributed by atoms with Crippen LogP contribution in [0.15, 0.2) is 23.1 Å². The van der Waals surface area contributed by atoms with Crippen LogP contribution in [0, 0.1) is 0 Å². The van der Waals surface area contributed by atoms with Crippen LogP contribution in [0.5, 0.6) is 5.75 Å². The summed E-state index contributed by atoms with van der Waals surface area (Å²) in [4.78, 5) is 37.3. The maximum atomic E-state index is 12.4. The van der Waals surface area contributed by atoms with Crippen molar-refractivity contribution in [3.05, 3.63) is 39.8 Å². The van der Waals surface area contributed by atoms with Crippen LogP contribution >= 0.6 is 11.3 Å². The first kappa shape index (κ1) is 22.7. The van der Waals surface area contributed by atoms with Crippen LogP contribution in [0.25, 0.3) is 0 Å². The third-order valence-corrected chi connectivity index (χ3v) is 6.84. The Morgan fingerprint density at radius 2 is 1.90 bits per heavy atom. The number of hydrogen-bond donors (Lipinski definition) is 3. The molecule has 0 radical (unpaired) electrons. The number of aryl methyl sites for hydroxylation is 1. The summed E-state index contributed by atoms with van der Waals surface area (Å²) in [7, 11) is -2.76. The standard InChI is InChI=1S/C19H21N3O7S2/c1-28-13-7-6-10(31(21,26)27)8-12(13)19(25)29-9-15(23)22-18-16(17(20)24)11-4-2-3-5-14(11)30-18/h6-8H,2-5,9H2,1H3,(H2,20,24)(H,22,23)(H2,21,26,27). The van der Waals surface area contributed by atoms with Gasteiger partial charge in [0.15, 0.2) is 6.61 Å². The smallest absolute Gasteiger partial charge is 0.342 e. The number of primary sulfonamides is 1. The number of anilines is 1. The highest BCUT2D eigenvalue weighted by Gasteiger charge is 2.25. The van der Waals surface area contributed by atoms with E-state index in [2.05, 4.69) is 5.32 Å². The van der Waals surface area contributed by atoms with E-state index in [1.165, 1.54) is 30.6 Å². The molecule has 2 amide bonds. The summed E-state index contributed by atoms with van der Waals surface area (Å²) < 4.78 is 33.1. The first-order valence-electron chi connectivity index (χ1n) is 9.24. The highest BCUT2D eigenvalue weighted by molar-refractivity contribution is 7.89. The van der Waals surface area contributed by atoms with Crippen LogP contribution < -0.4 is 20.9 Å². The molecule has 0 aliphatic heterocycles. The van der Waals surface area contributed by atoms with E-state index in [-0.39, 0.29) is 16.2 Å². The van der Waals surface area contributed by atoms with Crippen molar-refractivity contribution >= 4 is 44.1 Å². The molecule has 1 aromatic carbocycles. The van der Waals surface area contributed by atoms with Gasteiger partial charge >= 0.3 is 5.97 Å². The molecule has 0 saturated carbocycles. The third kappa shape index (κ3) is 5.03. The predicted molar refractivity (Wildman–Crippen MR) is 113 cm³/mol. The number of thiophene rings is 1. The van der Waals surface area contributed by atoms with Gasteiger partial charge in [-0.2, -0.15) is 0 Å². The van der Waals surface area contributed by atoms with Crippen molar-refractivity contribution in [3.63, 3.8) is 0 Å². The molecule has 12 heteroatoms. The molecular formula is C19H21N3O7S2. The molecule has 0 bridgehead atoms. The number of fused-ring (bicyclic) bond motifs is 1. The summed E-state index contributed by atoms with van der Waals surface area (Å²) in [6, 6.07) is 3.44. The Labute approximate surface area is 182 Å². The molecule has 166 valence electrons. The lowest BCUT2D eigenvalue weighted by Crippen LogP contribution is -2.23. The third-order valence-electron chi connectivity index (χ3n) is 4.72. The normalized spacial score (nSPS) is 13.2. The fourth-order valence-electron chi connectivity index (χ4n) is 3.31. The largest absolute Gasteiger partial charge is 0.496 e. The van der Waals surface area contributed by atoms with Crippen LogP contribution in [0.2, 0.25) is 0 Å². The second-order valence-electron chi connectivity index (χ2n) is 6.81. The number of hydrogen-bond acceptors (Lipinski definition) is 8. The maximum Gasteiger partial charge on any atom is 0.342 e. The number of carbonyl (C=O) groups is 3. The lowest BCUT2D eigenvalue weighted by atomic mass is 9.95. The van der Waals surface area contributed by atoms with Crippen molar-refractivity contribution in [1.29, 1.82) is 0 Å². The summed E-state index contributed by atoms with van der Waals surface area (Å²) in [5, 5.41) is 7.99. The van der Waals surface area contributed by atoms with Gasteiger partial charge in [0.1, 0.15) is 16.3 Å². The highest BCUT2D eigenvalue weighted by Crippen LogP contribution is 2.37. The number of nitrogens with two attached hydrogens (primary N) is 2. The Bertz CT molecular complexity index is 1160. The minimum atomic E-state index is -4.06. The number of amides is 2. The molecule has 1 heterocycles. The van der Waals surface area contributed by atoms with Crippen molar-refractivity contribution in [2.24, 2.45) is 10.9 Å². The van der Waals surface area contributed by atoms with Crippen molar-refractivity contribution in [3.8, 4) is 5.75 Å². The van der Waals surface area contributed by atoms with Gasteiger partial charge in [-0.25, -0.2) is 18.4 Å². The molecular weight excluding hydrogens is 446 g/mol. The first-order valence-corrected chi connectivity index (χ1v) is 11.6. The van der Waals surface area contributed by atoms with Crippen molar-refractivity contribution in [1.82, 2.24) is 0 Å². The number of methoxy groups -OCH3 is 1. The minimum absolute atomic E-state index is 0.0553. The average Bonchev–Trinajstić information content (AvgIpc) is 3.08. The molecule has 1 aliphatic carbocycles. The van der Waals surface area contributed by atoms with Crippen LogP contribution in [0.3, 0.4) is 0 Å². The molecule has 31 heavy (non-hydrogen) atoms. The topological polar surface area (TPSA) is 168 Å². The quantitative estimate of drug-likeness (QED) is 0.514. The van der Waals surface area contributed by atoms with Gasteiger partial charge in [0.2, 0.25) is 10.0 Å². The van der Waals surface area contributed by atoms with Crippen molar-refractivity contribution in [2.45, 2.75) is 30.6 Å². The fourth-order valence-corrected chi connectivity index (χ4v) is 5.16. The van der Waals surface area contributed by atoms with E-state index in [9.17, 15) is 22.8 Å². The Kier molecular flexibility index (Phi) is 6.62. The molecule has 1 aromatic heterocycles. The average molecular weight is 468 g/mol. The Balaban J connectivity index is 1.73. The number of sulfonamides is 1. The van der Waals surface area contributed by atoms with Gasteiger partial charge in [-0.15, -0.1) is 11.3 Å². The Hall–Kier alpha value is -2.96. The van der Waals surface area contributed by atoms with E-state index < -0.39 is 34.4 Å². The highest BCUT2D eigenvalue weighted by atomic mass is 32.2. The maximum absolute atomic E-state index is 12.4. The van der Waals surface area contributed by atoms with Crippen LogP contribution in [0.4, 0.5) is 5.00 Å². The van der Waals surface area contributed by atoms with Gasteiger partial charge in [-0.3, -0.25) is 9.59 Å². The number of primary amides is 1. The molecule has 0 fully saturated rings. The molecule has 2 aromatic rings. The zero-order valence-corrected chi connectivity index (χ0v) is 18.2. The van der Waals surface area contributed by atoms with Gasteiger partial charge < -0.3 is 20.5 Å².